The lowest BCUT2D eigenvalue weighted by Crippen LogP contribution is -2.50. The number of carbonyl (C=O) groups is 2. The first kappa shape index (κ1) is 19.0. The average molecular weight is 340 g/mol. The van der Waals surface area contributed by atoms with Gasteiger partial charge in [0.1, 0.15) is 0 Å². The normalized spacial score (nSPS) is 30.8. The molecule has 1 heterocycles. The van der Waals surface area contributed by atoms with Gasteiger partial charge in [0, 0.05) is 18.7 Å². The number of aliphatic carboxylic acids is 1. The standard InChI is InChI=1S/C18H32N2O4/c1-3-12(4-2)16-11-15(9-10-24-16)20-18(23)19-14-7-5-13(6-8-14)17(21)22/h12-16H,3-11H2,1-2H3,(H,21,22)(H2,19,20,23). The molecule has 2 amide bonds. The van der Waals surface area contributed by atoms with Gasteiger partial charge in [-0.05, 0) is 44.4 Å². The van der Waals surface area contributed by atoms with Crippen molar-refractivity contribution in [2.75, 3.05) is 6.61 Å². The monoisotopic (exact) mass is 340 g/mol. The number of carboxylic acid groups (broad SMARTS) is 1. The fraction of sp³-hybridized carbons (Fsp3) is 0.889. The van der Waals surface area contributed by atoms with E-state index < -0.39 is 5.97 Å². The molecule has 0 radical (unpaired) electrons. The number of rotatable bonds is 6. The summed E-state index contributed by atoms with van der Waals surface area (Å²) in [6, 6.07) is 0.138. The number of amides is 2. The van der Waals surface area contributed by atoms with Gasteiger partial charge in [0.15, 0.2) is 0 Å². The Kier molecular flexibility index (Phi) is 7.34. The highest BCUT2D eigenvalue weighted by Gasteiger charge is 2.30. The summed E-state index contributed by atoms with van der Waals surface area (Å²) in [6.45, 7) is 5.08. The predicted octanol–water partition coefficient (Wildman–Crippen LogP) is 2.91. The first-order chi connectivity index (χ1) is 11.5. The molecule has 3 N–H and O–H groups in total. The van der Waals surface area contributed by atoms with E-state index in [-0.39, 0.29) is 30.1 Å². The first-order valence-corrected chi connectivity index (χ1v) is 9.44. The van der Waals surface area contributed by atoms with Crippen molar-refractivity contribution in [2.24, 2.45) is 11.8 Å². The van der Waals surface area contributed by atoms with E-state index in [9.17, 15) is 9.59 Å². The number of ether oxygens (including phenoxy) is 1. The SMILES string of the molecule is CCC(CC)C1CC(NC(=O)NC2CCC(C(=O)O)CC2)CCO1. The summed E-state index contributed by atoms with van der Waals surface area (Å²) >= 11 is 0. The van der Waals surface area contributed by atoms with Crippen molar-refractivity contribution in [2.45, 2.75) is 83.4 Å². The van der Waals surface area contributed by atoms with E-state index in [0.717, 1.165) is 38.5 Å². The largest absolute Gasteiger partial charge is 0.481 e. The number of nitrogens with one attached hydrogen (secondary N) is 2. The maximum absolute atomic E-state index is 12.2. The van der Waals surface area contributed by atoms with Crippen LogP contribution in [0.5, 0.6) is 0 Å². The molecular formula is C18H32N2O4. The summed E-state index contributed by atoms with van der Waals surface area (Å²) in [5.74, 6) is -0.404. The average Bonchev–Trinajstić information content (AvgIpc) is 2.56. The molecule has 0 aromatic rings. The molecule has 138 valence electrons. The highest BCUT2D eigenvalue weighted by atomic mass is 16.5. The molecule has 0 bridgehead atoms. The van der Waals surface area contributed by atoms with Gasteiger partial charge in [-0.3, -0.25) is 4.79 Å². The van der Waals surface area contributed by atoms with Crippen LogP contribution in [0.3, 0.4) is 0 Å². The van der Waals surface area contributed by atoms with E-state index in [1.54, 1.807) is 0 Å². The summed E-state index contributed by atoms with van der Waals surface area (Å²) in [5.41, 5.74) is 0. The van der Waals surface area contributed by atoms with Gasteiger partial charge in [0.2, 0.25) is 0 Å². The molecule has 2 fully saturated rings. The Morgan fingerprint density at radius 1 is 1.04 bits per heavy atom. The van der Waals surface area contributed by atoms with Crippen molar-refractivity contribution >= 4 is 12.0 Å². The van der Waals surface area contributed by atoms with Crippen LogP contribution in [0.1, 0.15) is 65.2 Å². The Balaban J connectivity index is 1.73. The van der Waals surface area contributed by atoms with Crippen molar-refractivity contribution in [3.63, 3.8) is 0 Å². The summed E-state index contributed by atoms with van der Waals surface area (Å²) in [7, 11) is 0. The fourth-order valence-electron chi connectivity index (χ4n) is 4.00. The highest BCUT2D eigenvalue weighted by molar-refractivity contribution is 5.74. The van der Waals surface area contributed by atoms with Crippen molar-refractivity contribution in [3.05, 3.63) is 0 Å². The van der Waals surface area contributed by atoms with Crippen LogP contribution >= 0.6 is 0 Å². The Morgan fingerprint density at radius 3 is 2.25 bits per heavy atom. The van der Waals surface area contributed by atoms with Crippen molar-refractivity contribution in [1.29, 1.82) is 0 Å². The van der Waals surface area contributed by atoms with Crippen molar-refractivity contribution < 1.29 is 19.4 Å². The summed E-state index contributed by atoms with van der Waals surface area (Å²) < 4.78 is 5.89. The van der Waals surface area contributed by atoms with Crippen LogP contribution in [-0.4, -0.2) is 41.9 Å². The molecule has 2 atom stereocenters. The number of hydrogen-bond donors (Lipinski definition) is 3. The van der Waals surface area contributed by atoms with Crippen LogP contribution in [0.2, 0.25) is 0 Å². The van der Waals surface area contributed by atoms with Gasteiger partial charge >= 0.3 is 12.0 Å². The van der Waals surface area contributed by atoms with E-state index in [0.29, 0.717) is 25.4 Å². The zero-order chi connectivity index (χ0) is 17.5. The maximum Gasteiger partial charge on any atom is 0.315 e. The van der Waals surface area contributed by atoms with Crippen LogP contribution in [0, 0.1) is 11.8 Å². The quantitative estimate of drug-likeness (QED) is 0.694. The topological polar surface area (TPSA) is 87.7 Å². The minimum atomic E-state index is -0.715. The predicted molar refractivity (Wildman–Crippen MR) is 91.9 cm³/mol. The number of hydrogen-bond acceptors (Lipinski definition) is 3. The van der Waals surface area contributed by atoms with Crippen molar-refractivity contribution in [1.82, 2.24) is 10.6 Å². The maximum atomic E-state index is 12.2. The Morgan fingerprint density at radius 2 is 1.67 bits per heavy atom. The second-order valence-corrected chi connectivity index (χ2v) is 7.21. The molecule has 6 nitrogen and oxygen atoms in total. The molecule has 1 saturated heterocycles. The van der Waals surface area contributed by atoms with E-state index >= 15 is 0 Å². The summed E-state index contributed by atoms with van der Waals surface area (Å²) in [6.07, 6.45) is 6.97. The zero-order valence-electron chi connectivity index (χ0n) is 14.9. The smallest absolute Gasteiger partial charge is 0.315 e. The Bertz CT molecular complexity index is 417. The van der Waals surface area contributed by atoms with E-state index in [1.165, 1.54) is 0 Å². The summed E-state index contributed by atoms with van der Waals surface area (Å²) in [5, 5.41) is 15.1. The third kappa shape index (κ3) is 5.36. The molecule has 2 aliphatic rings. The Labute approximate surface area is 144 Å². The third-order valence-corrected chi connectivity index (χ3v) is 5.64. The minimum Gasteiger partial charge on any atom is -0.481 e. The number of urea groups is 1. The summed E-state index contributed by atoms with van der Waals surface area (Å²) in [4.78, 5) is 23.2. The third-order valence-electron chi connectivity index (χ3n) is 5.64. The van der Waals surface area contributed by atoms with Gasteiger partial charge in [-0.2, -0.15) is 0 Å². The van der Waals surface area contributed by atoms with E-state index in [1.807, 2.05) is 0 Å². The van der Waals surface area contributed by atoms with Crippen LogP contribution in [0.25, 0.3) is 0 Å². The van der Waals surface area contributed by atoms with Gasteiger partial charge in [-0.1, -0.05) is 26.7 Å². The molecule has 2 unspecified atom stereocenters. The first-order valence-electron chi connectivity index (χ1n) is 9.44. The lowest BCUT2D eigenvalue weighted by atomic mass is 9.86. The van der Waals surface area contributed by atoms with Gasteiger partial charge in [-0.15, -0.1) is 0 Å². The number of carbonyl (C=O) groups excluding carboxylic acids is 1. The van der Waals surface area contributed by atoms with E-state index in [4.69, 9.17) is 9.84 Å². The number of carboxylic acids is 1. The molecule has 24 heavy (non-hydrogen) atoms. The molecule has 0 spiro atoms. The second kappa shape index (κ2) is 9.25. The van der Waals surface area contributed by atoms with Gasteiger partial charge in [-0.25, -0.2) is 4.79 Å². The van der Waals surface area contributed by atoms with E-state index in [2.05, 4.69) is 24.5 Å². The van der Waals surface area contributed by atoms with Gasteiger partial charge in [0.05, 0.1) is 12.0 Å². The van der Waals surface area contributed by atoms with Gasteiger partial charge < -0.3 is 20.5 Å². The molecular weight excluding hydrogens is 308 g/mol. The zero-order valence-corrected chi connectivity index (χ0v) is 14.9. The van der Waals surface area contributed by atoms with Crippen LogP contribution < -0.4 is 10.6 Å². The lowest BCUT2D eigenvalue weighted by Gasteiger charge is -2.35. The molecule has 1 aliphatic carbocycles. The van der Waals surface area contributed by atoms with Gasteiger partial charge in [0.25, 0.3) is 0 Å². The van der Waals surface area contributed by atoms with Crippen molar-refractivity contribution in [3.8, 4) is 0 Å². The fourth-order valence-corrected chi connectivity index (χ4v) is 4.00. The molecule has 6 heteroatoms. The lowest BCUT2D eigenvalue weighted by molar-refractivity contribution is -0.142. The molecule has 1 aliphatic heterocycles. The highest BCUT2D eigenvalue weighted by Crippen LogP contribution is 2.26. The van der Waals surface area contributed by atoms with Crippen LogP contribution in [0.15, 0.2) is 0 Å². The van der Waals surface area contributed by atoms with Crippen LogP contribution in [0.4, 0.5) is 4.79 Å². The molecule has 2 rings (SSSR count). The molecule has 1 saturated carbocycles. The Hall–Kier alpha value is -1.30. The van der Waals surface area contributed by atoms with Crippen LogP contribution in [-0.2, 0) is 9.53 Å². The molecule has 0 aromatic heterocycles. The second-order valence-electron chi connectivity index (χ2n) is 7.21. The minimum absolute atomic E-state index is 0.0928. The molecule has 0 aromatic carbocycles.